The zero-order valence-electron chi connectivity index (χ0n) is 16.5. The van der Waals surface area contributed by atoms with E-state index in [4.69, 9.17) is 4.98 Å². The maximum Gasteiger partial charge on any atom is 0.217 e. The summed E-state index contributed by atoms with van der Waals surface area (Å²) in [6.45, 7) is 1.41. The first-order chi connectivity index (χ1) is 14.0. The van der Waals surface area contributed by atoms with Crippen molar-refractivity contribution in [1.29, 1.82) is 0 Å². The lowest BCUT2D eigenvalue weighted by molar-refractivity contribution is -0.119. The number of nitrogens with zero attached hydrogens (tertiary/aromatic N) is 4. The molecule has 4 N–H and O–H groups in total. The molecule has 0 spiro atoms. The van der Waals surface area contributed by atoms with Crippen molar-refractivity contribution in [3.05, 3.63) is 36.3 Å². The number of aromatic amines is 1. The van der Waals surface area contributed by atoms with Gasteiger partial charge in [-0.25, -0.2) is 15.0 Å². The van der Waals surface area contributed by atoms with E-state index in [1.54, 1.807) is 6.33 Å². The molecular formula is C20H23N7O2. The SMILES string of the molecule is CNc1nc2[nH]c(-c3cccc([C@@H](CCO)NC(C)=O)n3)cc2c2c1ncn2C. The minimum Gasteiger partial charge on any atom is -0.396 e. The molecule has 0 bridgehead atoms. The first-order valence-electron chi connectivity index (χ1n) is 9.38. The van der Waals surface area contributed by atoms with Crippen LogP contribution in [-0.2, 0) is 11.8 Å². The molecule has 1 amide bonds. The number of pyridine rings is 2. The smallest absolute Gasteiger partial charge is 0.217 e. The van der Waals surface area contributed by atoms with E-state index in [9.17, 15) is 9.90 Å². The second-order valence-electron chi connectivity index (χ2n) is 6.92. The Hall–Kier alpha value is -3.46. The molecular weight excluding hydrogens is 370 g/mol. The third-order valence-corrected chi connectivity index (χ3v) is 4.87. The molecule has 0 aliphatic heterocycles. The van der Waals surface area contributed by atoms with Crippen LogP contribution in [0, 0.1) is 0 Å². The highest BCUT2D eigenvalue weighted by Crippen LogP contribution is 2.31. The molecule has 0 saturated heterocycles. The molecule has 4 heterocycles. The third-order valence-electron chi connectivity index (χ3n) is 4.87. The molecule has 0 aliphatic rings. The minimum atomic E-state index is -0.348. The number of rotatable bonds is 6. The maximum atomic E-state index is 11.5. The van der Waals surface area contributed by atoms with Gasteiger partial charge in [-0.2, -0.15) is 0 Å². The molecule has 0 radical (unpaired) electrons. The molecule has 0 saturated carbocycles. The van der Waals surface area contributed by atoms with E-state index < -0.39 is 0 Å². The number of aromatic nitrogens is 5. The van der Waals surface area contributed by atoms with Gasteiger partial charge in [0.1, 0.15) is 11.2 Å². The first-order valence-corrected chi connectivity index (χ1v) is 9.38. The van der Waals surface area contributed by atoms with Crippen LogP contribution in [0.25, 0.3) is 33.5 Å². The van der Waals surface area contributed by atoms with Crippen LogP contribution in [0.4, 0.5) is 5.82 Å². The van der Waals surface area contributed by atoms with Gasteiger partial charge < -0.3 is 25.3 Å². The predicted octanol–water partition coefficient (Wildman–Crippen LogP) is 2.11. The number of amides is 1. The summed E-state index contributed by atoms with van der Waals surface area (Å²) < 4.78 is 1.97. The Labute approximate surface area is 167 Å². The topological polar surface area (TPSA) is 121 Å². The zero-order chi connectivity index (χ0) is 20.5. The maximum absolute atomic E-state index is 11.5. The van der Waals surface area contributed by atoms with E-state index in [-0.39, 0.29) is 18.6 Å². The Morgan fingerprint density at radius 1 is 1.34 bits per heavy atom. The molecule has 4 aromatic rings. The summed E-state index contributed by atoms with van der Waals surface area (Å²) in [6.07, 6.45) is 2.16. The van der Waals surface area contributed by atoms with Crippen LogP contribution in [0.2, 0.25) is 0 Å². The average molecular weight is 393 g/mol. The van der Waals surface area contributed by atoms with E-state index in [2.05, 4.69) is 25.6 Å². The van der Waals surface area contributed by atoms with Crippen molar-refractivity contribution in [2.75, 3.05) is 19.0 Å². The van der Waals surface area contributed by atoms with E-state index in [0.29, 0.717) is 17.9 Å². The van der Waals surface area contributed by atoms with Crippen molar-refractivity contribution >= 4 is 33.8 Å². The van der Waals surface area contributed by atoms with Crippen LogP contribution in [-0.4, -0.2) is 49.2 Å². The zero-order valence-corrected chi connectivity index (χ0v) is 16.5. The lowest BCUT2D eigenvalue weighted by Crippen LogP contribution is -2.27. The van der Waals surface area contributed by atoms with Crippen molar-refractivity contribution < 1.29 is 9.90 Å². The summed E-state index contributed by atoms with van der Waals surface area (Å²) >= 11 is 0. The number of aryl methyl sites for hydroxylation is 1. The second-order valence-corrected chi connectivity index (χ2v) is 6.92. The van der Waals surface area contributed by atoms with Crippen molar-refractivity contribution in [3.8, 4) is 11.4 Å². The molecule has 9 nitrogen and oxygen atoms in total. The molecule has 0 fully saturated rings. The average Bonchev–Trinajstić information content (AvgIpc) is 3.30. The summed E-state index contributed by atoms with van der Waals surface area (Å²) in [7, 11) is 3.77. The van der Waals surface area contributed by atoms with Gasteiger partial charge in [-0.15, -0.1) is 0 Å². The van der Waals surface area contributed by atoms with Gasteiger partial charge >= 0.3 is 0 Å². The van der Waals surface area contributed by atoms with Gasteiger partial charge in [-0.05, 0) is 24.6 Å². The fourth-order valence-corrected chi connectivity index (χ4v) is 3.57. The molecule has 0 aliphatic carbocycles. The standard InChI is InChI=1S/C20H23N7O2/c1-11(29)23-15(7-8-28)13-5-4-6-14(24-13)16-9-12-18-17(22-10-27(18)3)20(21-2)26-19(12)25-16/h4-6,9-10,15,28H,7-8H2,1-3H3,(H,23,29)(H2,21,25,26)/t15-/m1/s1. The Morgan fingerprint density at radius 2 is 2.17 bits per heavy atom. The van der Waals surface area contributed by atoms with Gasteiger partial charge in [0.25, 0.3) is 0 Å². The van der Waals surface area contributed by atoms with E-state index in [0.717, 1.165) is 33.5 Å². The number of anilines is 1. The van der Waals surface area contributed by atoms with Crippen molar-refractivity contribution in [3.63, 3.8) is 0 Å². The molecule has 150 valence electrons. The number of imidazole rings is 1. The quantitative estimate of drug-likeness (QED) is 0.398. The number of carbonyl (C=O) groups is 1. The summed E-state index contributed by atoms with van der Waals surface area (Å²) in [5.41, 5.74) is 4.77. The summed E-state index contributed by atoms with van der Waals surface area (Å²) in [6, 6.07) is 7.30. The highest BCUT2D eigenvalue weighted by molar-refractivity contribution is 6.07. The Kier molecular flexibility index (Phi) is 4.89. The number of aliphatic hydroxyl groups excluding tert-OH is 1. The summed E-state index contributed by atoms with van der Waals surface area (Å²) in [5.74, 6) is 0.542. The number of nitrogens with one attached hydrogen (secondary N) is 3. The number of carbonyl (C=O) groups excluding carboxylic acids is 1. The highest BCUT2D eigenvalue weighted by Gasteiger charge is 2.17. The largest absolute Gasteiger partial charge is 0.396 e. The summed E-state index contributed by atoms with van der Waals surface area (Å²) in [5, 5.41) is 16.2. The fraction of sp³-hybridized carbons (Fsp3) is 0.300. The molecule has 4 rings (SSSR count). The van der Waals surface area contributed by atoms with Crippen molar-refractivity contribution in [2.24, 2.45) is 7.05 Å². The van der Waals surface area contributed by atoms with Gasteiger partial charge in [0, 0.05) is 33.0 Å². The Bertz CT molecular complexity index is 1190. The van der Waals surface area contributed by atoms with E-state index in [1.807, 2.05) is 42.9 Å². The van der Waals surface area contributed by atoms with Crippen molar-refractivity contribution in [2.45, 2.75) is 19.4 Å². The number of fused-ring (bicyclic) bond motifs is 3. The van der Waals surface area contributed by atoms with E-state index in [1.165, 1.54) is 6.92 Å². The van der Waals surface area contributed by atoms with Crippen LogP contribution >= 0.6 is 0 Å². The Morgan fingerprint density at radius 3 is 2.90 bits per heavy atom. The normalized spacial score (nSPS) is 12.4. The lowest BCUT2D eigenvalue weighted by atomic mass is 10.1. The first kappa shape index (κ1) is 18.9. The van der Waals surface area contributed by atoms with Crippen LogP contribution in [0.3, 0.4) is 0 Å². The van der Waals surface area contributed by atoms with Gasteiger partial charge in [0.05, 0.1) is 35.0 Å². The highest BCUT2D eigenvalue weighted by atomic mass is 16.3. The van der Waals surface area contributed by atoms with E-state index >= 15 is 0 Å². The molecule has 29 heavy (non-hydrogen) atoms. The summed E-state index contributed by atoms with van der Waals surface area (Å²) in [4.78, 5) is 28.7. The van der Waals surface area contributed by atoms with Crippen LogP contribution in [0.1, 0.15) is 25.1 Å². The van der Waals surface area contributed by atoms with Gasteiger partial charge in [-0.3, -0.25) is 4.79 Å². The monoisotopic (exact) mass is 393 g/mol. The van der Waals surface area contributed by atoms with Gasteiger partial charge in [0.15, 0.2) is 5.82 Å². The molecule has 1 atom stereocenters. The minimum absolute atomic E-state index is 0.0432. The fourth-order valence-electron chi connectivity index (χ4n) is 3.57. The molecule has 9 heteroatoms. The molecule has 0 unspecified atom stereocenters. The van der Waals surface area contributed by atoms with Crippen LogP contribution in [0.5, 0.6) is 0 Å². The Balaban J connectivity index is 1.82. The molecule has 0 aromatic carbocycles. The molecule has 4 aromatic heterocycles. The number of hydrogen-bond acceptors (Lipinski definition) is 6. The lowest BCUT2D eigenvalue weighted by Gasteiger charge is -2.16. The van der Waals surface area contributed by atoms with Gasteiger partial charge in [-0.1, -0.05) is 6.07 Å². The van der Waals surface area contributed by atoms with Crippen LogP contribution < -0.4 is 10.6 Å². The van der Waals surface area contributed by atoms with Crippen molar-refractivity contribution in [1.82, 2.24) is 29.8 Å². The second kappa shape index (κ2) is 7.51. The van der Waals surface area contributed by atoms with Gasteiger partial charge in [0.2, 0.25) is 5.91 Å². The number of H-pyrrole nitrogens is 1. The number of hydrogen-bond donors (Lipinski definition) is 4. The predicted molar refractivity (Wildman–Crippen MR) is 111 cm³/mol. The van der Waals surface area contributed by atoms with Crippen LogP contribution in [0.15, 0.2) is 30.6 Å². The number of aliphatic hydroxyl groups is 1. The third kappa shape index (κ3) is 3.40.